The minimum absolute atomic E-state index is 0.0568. The van der Waals surface area contributed by atoms with Crippen molar-refractivity contribution >= 4 is 11.9 Å². The van der Waals surface area contributed by atoms with Crippen LogP contribution in [0, 0.1) is 0 Å². The Balaban J connectivity index is 3.33. The molecule has 0 radical (unpaired) electrons. The van der Waals surface area contributed by atoms with Crippen LogP contribution in [0.4, 0.5) is 0 Å². The molecule has 68 heavy (non-hydrogen) atoms. The van der Waals surface area contributed by atoms with Gasteiger partial charge in [-0.1, -0.05) is 321 Å². The molecule has 5 heteroatoms. The van der Waals surface area contributed by atoms with E-state index in [0.29, 0.717) is 12.8 Å². The number of hydrogen-bond acceptors (Lipinski definition) is 5. The highest BCUT2D eigenvalue weighted by Crippen LogP contribution is 2.18. The summed E-state index contributed by atoms with van der Waals surface area (Å²) in [6, 6.07) is 0. The summed E-state index contributed by atoms with van der Waals surface area (Å²) >= 11 is 0. The first-order valence-corrected chi connectivity index (χ1v) is 31.2. The Hall–Kier alpha value is -1.36. The average molecular weight is 960 g/mol. The number of ether oxygens (including phenoxy) is 2. The summed E-state index contributed by atoms with van der Waals surface area (Å²) < 4.78 is 10.7. The lowest BCUT2D eigenvalue weighted by Gasteiger charge is -2.15. The second-order valence-corrected chi connectivity index (χ2v) is 21.5. The predicted octanol–water partition coefficient (Wildman–Crippen LogP) is 21.1. The van der Waals surface area contributed by atoms with E-state index >= 15 is 0 Å². The number of carbonyl (C=O) groups is 2. The third-order valence-electron chi connectivity index (χ3n) is 14.6. The molecule has 0 aliphatic heterocycles. The van der Waals surface area contributed by atoms with E-state index in [-0.39, 0.29) is 25.2 Å². The first-order valence-electron chi connectivity index (χ1n) is 31.2. The number of unbranched alkanes of at least 4 members (excludes halogenated alkanes) is 49. The van der Waals surface area contributed by atoms with Gasteiger partial charge in [0.1, 0.15) is 6.61 Å². The Labute approximate surface area is 426 Å². The maximum Gasteiger partial charge on any atom is 0.306 e. The highest BCUT2D eigenvalue weighted by atomic mass is 16.6. The van der Waals surface area contributed by atoms with Crippen molar-refractivity contribution in [2.75, 3.05) is 13.2 Å². The summed E-state index contributed by atoms with van der Waals surface area (Å²) in [6.45, 7) is 4.19. The fourth-order valence-corrected chi connectivity index (χ4v) is 9.85. The van der Waals surface area contributed by atoms with Gasteiger partial charge in [-0.3, -0.25) is 9.59 Å². The van der Waals surface area contributed by atoms with Crippen molar-refractivity contribution in [2.45, 2.75) is 367 Å². The second kappa shape index (κ2) is 59.9. The lowest BCUT2D eigenvalue weighted by Crippen LogP contribution is -2.28. The molecule has 0 amide bonds. The van der Waals surface area contributed by atoms with E-state index in [9.17, 15) is 14.7 Å². The van der Waals surface area contributed by atoms with Crippen LogP contribution in [0.5, 0.6) is 0 Å². The molecule has 1 atom stereocenters. The van der Waals surface area contributed by atoms with Gasteiger partial charge in [-0.05, 0) is 38.5 Å². The molecule has 0 aromatic carbocycles. The largest absolute Gasteiger partial charge is 0.462 e. The van der Waals surface area contributed by atoms with E-state index in [0.717, 1.165) is 32.1 Å². The second-order valence-electron chi connectivity index (χ2n) is 21.5. The number of aliphatic hydroxyl groups excluding tert-OH is 1. The van der Waals surface area contributed by atoms with Gasteiger partial charge in [0, 0.05) is 12.8 Å². The van der Waals surface area contributed by atoms with Crippen molar-refractivity contribution in [3.63, 3.8) is 0 Å². The molecule has 0 heterocycles. The average Bonchev–Trinajstić information content (AvgIpc) is 3.34. The van der Waals surface area contributed by atoms with Crippen LogP contribution in [0.3, 0.4) is 0 Å². The molecule has 0 fully saturated rings. The maximum absolute atomic E-state index is 12.3. The molecule has 0 aromatic heterocycles. The summed E-state index contributed by atoms with van der Waals surface area (Å²) in [4.78, 5) is 24.5. The van der Waals surface area contributed by atoms with Gasteiger partial charge in [-0.25, -0.2) is 0 Å². The summed E-state index contributed by atoms with van der Waals surface area (Å²) in [7, 11) is 0. The van der Waals surface area contributed by atoms with E-state index < -0.39 is 6.10 Å². The van der Waals surface area contributed by atoms with E-state index in [4.69, 9.17) is 9.47 Å². The standard InChI is InChI=1S/C63H122O5/c1-3-5-7-9-11-13-15-17-19-20-21-22-23-24-25-26-27-28-29-30-31-32-33-34-35-36-37-38-39-40-41-42-44-46-48-50-52-54-56-58-63(66)68-61(59-64)60-67-62(65)57-55-53-51-49-47-45-43-18-16-14-12-10-8-6-4-2/h20-21,61,64H,3-19,22-60H2,1-2H3/b21-20-. The first-order chi connectivity index (χ1) is 33.6. The van der Waals surface area contributed by atoms with Crippen molar-refractivity contribution in [1.29, 1.82) is 0 Å². The molecule has 0 spiro atoms. The molecule has 0 saturated heterocycles. The zero-order valence-electron chi connectivity index (χ0n) is 46.4. The monoisotopic (exact) mass is 959 g/mol. The van der Waals surface area contributed by atoms with Crippen LogP contribution in [0.15, 0.2) is 12.2 Å². The molecule has 0 aliphatic carbocycles. The SMILES string of the molecule is CCCCCCCCCC/C=C\CCCCCCCCCCCCCCCCCCCCCCCCCCCCCC(=O)OC(CO)COC(=O)CCCCCCCCCCCCCCCCC. The number of aliphatic hydroxyl groups is 1. The minimum atomic E-state index is -0.765. The highest BCUT2D eigenvalue weighted by Gasteiger charge is 2.16. The van der Waals surface area contributed by atoms with Crippen LogP contribution in [0.2, 0.25) is 0 Å². The Morgan fingerprint density at radius 3 is 0.794 bits per heavy atom. The van der Waals surface area contributed by atoms with Crippen LogP contribution in [-0.4, -0.2) is 36.4 Å². The normalized spacial score (nSPS) is 12.1. The van der Waals surface area contributed by atoms with E-state index in [1.54, 1.807) is 0 Å². The lowest BCUT2D eigenvalue weighted by atomic mass is 10.0. The van der Waals surface area contributed by atoms with Gasteiger partial charge in [0.05, 0.1) is 6.61 Å². The molecule has 0 bridgehead atoms. The Morgan fingerprint density at radius 1 is 0.324 bits per heavy atom. The van der Waals surface area contributed by atoms with Crippen LogP contribution >= 0.6 is 0 Å². The fourth-order valence-electron chi connectivity index (χ4n) is 9.85. The summed E-state index contributed by atoms with van der Waals surface area (Å²) in [5, 5.41) is 9.64. The quantitative estimate of drug-likeness (QED) is 0.0374. The van der Waals surface area contributed by atoms with E-state index in [1.807, 2.05) is 0 Å². The molecule has 0 aromatic rings. The number of esters is 2. The van der Waals surface area contributed by atoms with Gasteiger partial charge in [0.25, 0.3) is 0 Å². The van der Waals surface area contributed by atoms with Gasteiger partial charge in [-0.15, -0.1) is 0 Å². The third kappa shape index (κ3) is 57.2. The Kier molecular flexibility index (Phi) is 58.7. The number of hydrogen-bond donors (Lipinski definition) is 1. The zero-order chi connectivity index (χ0) is 49.2. The molecule has 5 nitrogen and oxygen atoms in total. The minimum Gasteiger partial charge on any atom is -0.462 e. The molecule has 1 N–H and O–H groups in total. The van der Waals surface area contributed by atoms with E-state index in [2.05, 4.69) is 26.0 Å². The lowest BCUT2D eigenvalue weighted by molar-refractivity contribution is -0.161. The summed E-state index contributed by atoms with van der Waals surface area (Å²) in [6.07, 6.45) is 75.2. The number of carbonyl (C=O) groups excluding carboxylic acids is 2. The van der Waals surface area contributed by atoms with Gasteiger partial charge in [0.15, 0.2) is 6.10 Å². The van der Waals surface area contributed by atoms with Crippen molar-refractivity contribution < 1.29 is 24.2 Å². The zero-order valence-corrected chi connectivity index (χ0v) is 46.4. The van der Waals surface area contributed by atoms with Crippen molar-refractivity contribution in [1.82, 2.24) is 0 Å². The van der Waals surface area contributed by atoms with Crippen LogP contribution < -0.4 is 0 Å². The van der Waals surface area contributed by atoms with Gasteiger partial charge >= 0.3 is 11.9 Å². The number of allylic oxidation sites excluding steroid dienone is 2. The molecule has 1 unspecified atom stereocenters. The van der Waals surface area contributed by atoms with Crippen molar-refractivity contribution in [2.24, 2.45) is 0 Å². The van der Waals surface area contributed by atoms with Gasteiger partial charge < -0.3 is 14.6 Å². The Bertz CT molecular complexity index is 994. The fraction of sp³-hybridized carbons (Fsp3) is 0.937. The molecule has 0 rings (SSSR count). The third-order valence-corrected chi connectivity index (χ3v) is 14.6. The molecular formula is C63H122O5. The van der Waals surface area contributed by atoms with Crippen LogP contribution in [0.25, 0.3) is 0 Å². The number of rotatable bonds is 59. The smallest absolute Gasteiger partial charge is 0.306 e. The van der Waals surface area contributed by atoms with Crippen molar-refractivity contribution in [3.05, 3.63) is 12.2 Å². The molecule has 0 saturated carbocycles. The van der Waals surface area contributed by atoms with E-state index in [1.165, 1.54) is 302 Å². The summed E-state index contributed by atoms with van der Waals surface area (Å²) in [5.74, 6) is -0.566. The van der Waals surface area contributed by atoms with Gasteiger partial charge in [-0.2, -0.15) is 0 Å². The Morgan fingerprint density at radius 2 is 0.544 bits per heavy atom. The van der Waals surface area contributed by atoms with Crippen LogP contribution in [-0.2, 0) is 19.1 Å². The topological polar surface area (TPSA) is 72.8 Å². The van der Waals surface area contributed by atoms with Crippen LogP contribution in [0.1, 0.15) is 361 Å². The summed E-state index contributed by atoms with van der Waals surface area (Å²) in [5.41, 5.74) is 0. The molecule has 404 valence electrons. The predicted molar refractivity (Wildman–Crippen MR) is 298 cm³/mol. The maximum atomic E-state index is 12.3. The highest BCUT2D eigenvalue weighted by molar-refractivity contribution is 5.70. The first kappa shape index (κ1) is 66.6. The molecular weight excluding hydrogens is 837 g/mol. The van der Waals surface area contributed by atoms with Gasteiger partial charge in [0.2, 0.25) is 0 Å². The van der Waals surface area contributed by atoms with Crippen molar-refractivity contribution in [3.8, 4) is 0 Å². The molecule has 0 aliphatic rings.